The van der Waals surface area contributed by atoms with E-state index in [1.807, 2.05) is 19.2 Å². The monoisotopic (exact) mass is 411 g/mol. The number of nitrogens with zero attached hydrogens (tertiary/aromatic N) is 2. The summed E-state index contributed by atoms with van der Waals surface area (Å²) in [4.78, 5) is 19.8. The molecule has 2 atom stereocenters. The summed E-state index contributed by atoms with van der Waals surface area (Å²) in [5, 5.41) is 2.82. The predicted molar refractivity (Wildman–Crippen MR) is 112 cm³/mol. The molecule has 158 valence electrons. The number of hydrogen-bond donors (Lipinski definition) is 1. The van der Waals surface area contributed by atoms with Crippen molar-refractivity contribution in [3.05, 3.63) is 47.9 Å². The van der Waals surface area contributed by atoms with Crippen LogP contribution >= 0.6 is 0 Å². The molecule has 1 fully saturated rings. The van der Waals surface area contributed by atoms with Crippen LogP contribution in [0.2, 0.25) is 0 Å². The SMILES string of the molecule is CC(=O)N[C@@H](C)CO[C@H]1C[C@H](COc2nccc(-c3ccc(F)cc3)c2C2C=N2)C1. The fraction of sp³-hybridized carbons (Fsp3) is 0.435. The molecule has 1 unspecified atom stereocenters. The average molecular weight is 411 g/mol. The quantitative estimate of drug-likeness (QED) is 0.683. The van der Waals surface area contributed by atoms with E-state index in [1.54, 1.807) is 18.3 Å². The van der Waals surface area contributed by atoms with Crippen LogP contribution in [0.4, 0.5) is 4.39 Å². The fourth-order valence-electron chi connectivity index (χ4n) is 3.74. The van der Waals surface area contributed by atoms with E-state index in [2.05, 4.69) is 15.3 Å². The molecule has 0 saturated heterocycles. The van der Waals surface area contributed by atoms with Crippen molar-refractivity contribution in [3.8, 4) is 17.0 Å². The maximum Gasteiger partial charge on any atom is 0.219 e. The molecule has 0 bridgehead atoms. The number of nitrogens with one attached hydrogen (secondary N) is 1. The number of halogens is 1. The molecule has 30 heavy (non-hydrogen) atoms. The van der Waals surface area contributed by atoms with Gasteiger partial charge in [-0.1, -0.05) is 12.1 Å². The van der Waals surface area contributed by atoms with Gasteiger partial charge in [0, 0.05) is 25.4 Å². The van der Waals surface area contributed by atoms with Gasteiger partial charge in [0.05, 0.1) is 24.9 Å². The standard InChI is InChI=1S/C23H26FN3O3/c1-14(27-15(2)28)12-29-19-9-16(10-19)13-30-23-22(21-11-26-21)20(7-8-25-23)17-3-5-18(24)6-4-17/h3-8,11,14,16,19,21H,9-10,12-13H2,1-2H3,(H,27,28)/t14-,16-,19-,21?/m0/s1. The first-order valence-corrected chi connectivity index (χ1v) is 10.3. The van der Waals surface area contributed by atoms with Gasteiger partial charge in [0.25, 0.3) is 0 Å². The van der Waals surface area contributed by atoms with E-state index in [0.29, 0.717) is 25.0 Å². The Morgan fingerprint density at radius 3 is 2.67 bits per heavy atom. The number of amides is 1. The zero-order chi connectivity index (χ0) is 21.1. The Balaban J connectivity index is 1.32. The molecule has 1 aliphatic heterocycles. The van der Waals surface area contributed by atoms with E-state index < -0.39 is 0 Å². The number of aromatic nitrogens is 1. The third-order valence-corrected chi connectivity index (χ3v) is 5.38. The molecular weight excluding hydrogens is 385 g/mol. The van der Waals surface area contributed by atoms with E-state index in [-0.39, 0.29) is 29.9 Å². The topological polar surface area (TPSA) is 72.8 Å². The summed E-state index contributed by atoms with van der Waals surface area (Å²) in [6.07, 6.45) is 5.65. The van der Waals surface area contributed by atoms with Crippen molar-refractivity contribution in [2.75, 3.05) is 13.2 Å². The minimum Gasteiger partial charge on any atom is -0.477 e. The molecule has 1 aliphatic carbocycles. The molecule has 1 aromatic heterocycles. The summed E-state index contributed by atoms with van der Waals surface area (Å²) in [5.74, 6) is 0.692. The zero-order valence-corrected chi connectivity index (χ0v) is 17.2. The summed E-state index contributed by atoms with van der Waals surface area (Å²) in [6, 6.07) is 8.33. The van der Waals surface area contributed by atoms with Crippen LogP contribution in [0, 0.1) is 11.7 Å². The van der Waals surface area contributed by atoms with Crippen LogP contribution in [-0.4, -0.2) is 42.5 Å². The van der Waals surface area contributed by atoms with Crippen molar-refractivity contribution in [2.24, 2.45) is 10.9 Å². The van der Waals surface area contributed by atoms with Crippen molar-refractivity contribution >= 4 is 12.1 Å². The highest BCUT2D eigenvalue weighted by atomic mass is 19.1. The van der Waals surface area contributed by atoms with Crippen molar-refractivity contribution in [3.63, 3.8) is 0 Å². The Labute approximate surface area is 175 Å². The van der Waals surface area contributed by atoms with Crippen molar-refractivity contribution in [1.82, 2.24) is 10.3 Å². The van der Waals surface area contributed by atoms with E-state index in [0.717, 1.165) is 29.5 Å². The third-order valence-electron chi connectivity index (χ3n) is 5.38. The minimum atomic E-state index is -0.262. The number of ether oxygens (including phenoxy) is 2. The van der Waals surface area contributed by atoms with Gasteiger partial charge in [0.15, 0.2) is 0 Å². The van der Waals surface area contributed by atoms with Gasteiger partial charge in [0.1, 0.15) is 11.9 Å². The van der Waals surface area contributed by atoms with E-state index in [1.165, 1.54) is 19.1 Å². The molecule has 0 radical (unpaired) electrons. The molecule has 2 heterocycles. The number of pyridine rings is 1. The normalized spacial score (nSPS) is 22.8. The highest BCUT2D eigenvalue weighted by Gasteiger charge is 2.32. The Hall–Kier alpha value is -2.80. The molecule has 2 aromatic rings. The van der Waals surface area contributed by atoms with Gasteiger partial charge in [-0.15, -0.1) is 0 Å². The molecule has 1 amide bonds. The lowest BCUT2D eigenvalue weighted by molar-refractivity contribution is -0.120. The van der Waals surface area contributed by atoms with Crippen LogP contribution in [0.3, 0.4) is 0 Å². The number of carbonyl (C=O) groups excluding carboxylic acids is 1. The van der Waals surface area contributed by atoms with E-state index in [4.69, 9.17) is 9.47 Å². The first kappa shape index (κ1) is 20.5. The highest BCUT2D eigenvalue weighted by Crippen LogP contribution is 2.40. The number of aliphatic imine (C=N–C) groups is 1. The van der Waals surface area contributed by atoms with Crippen LogP contribution in [0.1, 0.15) is 38.3 Å². The smallest absolute Gasteiger partial charge is 0.219 e. The second-order valence-electron chi connectivity index (χ2n) is 8.03. The van der Waals surface area contributed by atoms with Gasteiger partial charge in [-0.2, -0.15) is 0 Å². The molecular formula is C23H26FN3O3. The fourth-order valence-corrected chi connectivity index (χ4v) is 3.74. The zero-order valence-electron chi connectivity index (χ0n) is 17.2. The molecule has 1 aromatic carbocycles. The third kappa shape index (κ3) is 5.02. The van der Waals surface area contributed by atoms with E-state index in [9.17, 15) is 9.18 Å². The predicted octanol–water partition coefficient (Wildman–Crippen LogP) is 3.71. The summed E-state index contributed by atoms with van der Waals surface area (Å²) < 4.78 is 25.2. The number of carbonyl (C=O) groups is 1. The van der Waals surface area contributed by atoms with Gasteiger partial charge in [-0.25, -0.2) is 9.37 Å². The second kappa shape index (κ2) is 8.92. The molecule has 1 N–H and O–H groups in total. The maximum atomic E-state index is 13.3. The van der Waals surface area contributed by atoms with Gasteiger partial charge in [-0.05, 0) is 55.0 Å². The van der Waals surface area contributed by atoms with Gasteiger partial charge in [-0.3, -0.25) is 9.79 Å². The first-order valence-electron chi connectivity index (χ1n) is 10.3. The van der Waals surface area contributed by atoms with Crippen LogP contribution in [0.5, 0.6) is 5.88 Å². The van der Waals surface area contributed by atoms with Crippen molar-refractivity contribution < 1.29 is 18.7 Å². The van der Waals surface area contributed by atoms with E-state index >= 15 is 0 Å². The Kier molecular flexibility index (Phi) is 6.08. The van der Waals surface area contributed by atoms with Crippen molar-refractivity contribution in [2.45, 2.75) is 44.9 Å². The molecule has 4 rings (SSSR count). The highest BCUT2D eigenvalue weighted by molar-refractivity contribution is 5.85. The summed E-state index contributed by atoms with van der Waals surface area (Å²) >= 11 is 0. The van der Waals surface area contributed by atoms with Crippen LogP contribution in [-0.2, 0) is 9.53 Å². The first-order chi connectivity index (χ1) is 14.5. The molecule has 1 saturated carbocycles. The number of rotatable bonds is 9. The second-order valence-corrected chi connectivity index (χ2v) is 8.03. The minimum absolute atomic E-state index is 0.0114. The van der Waals surface area contributed by atoms with Gasteiger partial charge < -0.3 is 14.8 Å². The lowest BCUT2D eigenvalue weighted by Gasteiger charge is -2.35. The van der Waals surface area contributed by atoms with Crippen LogP contribution in [0.25, 0.3) is 11.1 Å². The van der Waals surface area contributed by atoms with Gasteiger partial charge >= 0.3 is 0 Å². The maximum absolute atomic E-state index is 13.3. The molecule has 7 heteroatoms. The largest absolute Gasteiger partial charge is 0.477 e. The Morgan fingerprint density at radius 2 is 2.00 bits per heavy atom. The van der Waals surface area contributed by atoms with Crippen LogP contribution < -0.4 is 10.1 Å². The Morgan fingerprint density at radius 1 is 1.27 bits per heavy atom. The molecule has 6 nitrogen and oxygen atoms in total. The number of hydrogen-bond acceptors (Lipinski definition) is 5. The summed E-state index contributed by atoms with van der Waals surface area (Å²) in [5.41, 5.74) is 2.81. The molecule has 0 spiro atoms. The molecule has 2 aliphatic rings. The van der Waals surface area contributed by atoms with Crippen molar-refractivity contribution in [1.29, 1.82) is 0 Å². The Bertz CT molecular complexity index is 920. The summed E-state index contributed by atoms with van der Waals surface area (Å²) in [7, 11) is 0. The van der Waals surface area contributed by atoms with Gasteiger partial charge in [0.2, 0.25) is 11.8 Å². The number of benzene rings is 1. The summed E-state index contributed by atoms with van der Waals surface area (Å²) in [6.45, 7) is 4.53. The average Bonchev–Trinajstić information content (AvgIpc) is 3.51. The lowest BCUT2D eigenvalue weighted by Crippen LogP contribution is -2.40. The van der Waals surface area contributed by atoms with Crippen LogP contribution in [0.15, 0.2) is 41.5 Å². The lowest BCUT2D eigenvalue weighted by atomic mass is 9.83.